The fraction of sp³-hybridized carbons (Fsp3) is 0.240. The van der Waals surface area contributed by atoms with E-state index in [2.05, 4.69) is 16.0 Å². The number of carbonyl (C=O) groups excluding carboxylic acids is 1. The standard InChI is InChI=1S/C25H22ClFN6O2/c1-13(2)5-19-16(8-28)24(17(9-29)25(30)32-19)14-3-4-21-22(6-14)35-12-23(34)33(21)11-20-18(27)7-15(26)10-31-20/h3-4,6-7,9-10,13,29H,5,11-12H2,1-2H3,(H2,30,32). The van der Waals surface area contributed by atoms with E-state index in [0.717, 1.165) is 12.3 Å². The Kier molecular flexibility index (Phi) is 6.67. The Labute approximate surface area is 206 Å². The number of carbonyl (C=O) groups is 1. The molecule has 0 radical (unpaired) electrons. The first-order valence-corrected chi connectivity index (χ1v) is 11.2. The zero-order valence-electron chi connectivity index (χ0n) is 19.1. The van der Waals surface area contributed by atoms with E-state index in [0.29, 0.717) is 45.8 Å². The molecule has 3 heterocycles. The molecule has 1 aromatic carbocycles. The average molecular weight is 493 g/mol. The number of hydrogen-bond acceptors (Lipinski definition) is 7. The molecule has 0 spiro atoms. The fourth-order valence-corrected chi connectivity index (χ4v) is 4.16. The number of nitrogens with one attached hydrogen (secondary N) is 1. The van der Waals surface area contributed by atoms with Crippen molar-refractivity contribution < 1.29 is 13.9 Å². The summed E-state index contributed by atoms with van der Waals surface area (Å²) in [5, 5.41) is 18.0. The average Bonchev–Trinajstić information content (AvgIpc) is 2.81. The van der Waals surface area contributed by atoms with Crippen LogP contribution in [0.25, 0.3) is 11.1 Å². The molecule has 0 bridgehead atoms. The van der Waals surface area contributed by atoms with E-state index in [1.54, 1.807) is 18.2 Å². The minimum atomic E-state index is -0.616. The summed E-state index contributed by atoms with van der Waals surface area (Å²) in [6.07, 6.45) is 2.93. The zero-order chi connectivity index (χ0) is 25.3. The summed E-state index contributed by atoms with van der Waals surface area (Å²) in [6.45, 7) is 3.68. The van der Waals surface area contributed by atoms with Crippen LogP contribution in [0.4, 0.5) is 15.9 Å². The monoisotopic (exact) mass is 492 g/mol. The maximum Gasteiger partial charge on any atom is 0.265 e. The maximum atomic E-state index is 14.3. The van der Waals surface area contributed by atoms with Gasteiger partial charge in [0.25, 0.3) is 5.91 Å². The summed E-state index contributed by atoms with van der Waals surface area (Å²) in [7, 11) is 0. The molecule has 0 saturated heterocycles. The van der Waals surface area contributed by atoms with Crippen LogP contribution >= 0.6 is 11.6 Å². The summed E-state index contributed by atoms with van der Waals surface area (Å²) < 4.78 is 20.0. The molecule has 1 amide bonds. The minimum absolute atomic E-state index is 0.0674. The lowest BCUT2D eigenvalue weighted by Gasteiger charge is -2.30. The van der Waals surface area contributed by atoms with Gasteiger partial charge in [0.05, 0.1) is 34.2 Å². The Morgan fingerprint density at radius 1 is 1.37 bits per heavy atom. The maximum absolute atomic E-state index is 14.3. The van der Waals surface area contributed by atoms with E-state index < -0.39 is 5.82 Å². The molecule has 0 aliphatic carbocycles. The number of nitriles is 1. The zero-order valence-corrected chi connectivity index (χ0v) is 19.9. The number of aromatic nitrogens is 2. The molecule has 4 rings (SSSR count). The third kappa shape index (κ3) is 4.66. The molecule has 10 heteroatoms. The highest BCUT2D eigenvalue weighted by molar-refractivity contribution is 6.30. The van der Waals surface area contributed by atoms with Crippen molar-refractivity contribution in [2.75, 3.05) is 17.2 Å². The van der Waals surface area contributed by atoms with Gasteiger partial charge in [0, 0.05) is 23.5 Å². The van der Waals surface area contributed by atoms with Gasteiger partial charge < -0.3 is 15.9 Å². The Morgan fingerprint density at radius 2 is 2.14 bits per heavy atom. The van der Waals surface area contributed by atoms with Crippen molar-refractivity contribution in [3.63, 3.8) is 0 Å². The van der Waals surface area contributed by atoms with E-state index in [-0.39, 0.29) is 41.5 Å². The number of ether oxygens (including phenoxy) is 1. The molecular weight excluding hydrogens is 471 g/mol. The van der Waals surface area contributed by atoms with Crippen LogP contribution in [0.1, 0.15) is 36.4 Å². The fourth-order valence-electron chi connectivity index (χ4n) is 4.01. The number of benzene rings is 1. The molecule has 1 aliphatic heterocycles. The second kappa shape index (κ2) is 9.68. The minimum Gasteiger partial charge on any atom is -0.482 e. The number of fused-ring (bicyclic) bond motifs is 1. The molecular formula is C25H22ClFN6O2. The van der Waals surface area contributed by atoms with Gasteiger partial charge in [0.15, 0.2) is 6.61 Å². The normalized spacial score (nSPS) is 12.8. The van der Waals surface area contributed by atoms with Gasteiger partial charge >= 0.3 is 0 Å². The van der Waals surface area contributed by atoms with Crippen molar-refractivity contribution in [2.45, 2.75) is 26.8 Å². The van der Waals surface area contributed by atoms with Gasteiger partial charge in [0.1, 0.15) is 23.5 Å². The summed E-state index contributed by atoms with van der Waals surface area (Å²) >= 11 is 5.79. The summed E-state index contributed by atoms with van der Waals surface area (Å²) in [5.74, 6) is -0.205. The highest BCUT2D eigenvalue weighted by Gasteiger charge is 2.28. The number of nitrogens with zero attached hydrogens (tertiary/aromatic N) is 4. The molecule has 0 atom stereocenters. The van der Waals surface area contributed by atoms with Gasteiger partial charge in [0.2, 0.25) is 0 Å². The predicted molar refractivity (Wildman–Crippen MR) is 131 cm³/mol. The Morgan fingerprint density at radius 3 is 2.80 bits per heavy atom. The topological polar surface area (TPSA) is 129 Å². The van der Waals surface area contributed by atoms with Gasteiger partial charge in [-0.25, -0.2) is 9.37 Å². The van der Waals surface area contributed by atoms with E-state index >= 15 is 0 Å². The number of halogens is 2. The lowest BCUT2D eigenvalue weighted by molar-refractivity contribution is -0.121. The summed E-state index contributed by atoms with van der Waals surface area (Å²) in [5.41, 5.74) is 8.93. The first-order valence-electron chi connectivity index (χ1n) is 10.8. The Hall–Kier alpha value is -4.03. The lowest BCUT2D eigenvalue weighted by Crippen LogP contribution is -2.38. The number of rotatable bonds is 6. The second-order valence-corrected chi connectivity index (χ2v) is 8.93. The first-order chi connectivity index (χ1) is 16.7. The molecule has 0 fully saturated rings. The molecule has 2 aromatic heterocycles. The van der Waals surface area contributed by atoms with E-state index in [9.17, 15) is 14.4 Å². The molecule has 0 saturated carbocycles. The number of amides is 1. The number of anilines is 2. The number of hydrogen-bond donors (Lipinski definition) is 2. The van der Waals surface area contributed by atoms with Crippen LogP contribution < -0.4 is 15.4 Å². The van der Waals surface area contributed by atoms with Crippen molar-refractivity contribution in [3.8, 4) is 22.9 Å². The quantitative estimate of drug-likeness (QED) is 0.487. The second-order valence-electron chi connectivity index (χ2n) is 8.49. The third-order valence-electron chi connectivity index (χ3n) is 5.58. The number of nitrogens with two attached hydrogens (primary N) is 1. The van der Waals surface area contributed by atoms with Crippen molar-refractivity contribution in [1.29, 1.82) is 10.7 Å². The Balaban J connectivity index is 1.81. The highest BCUT2D eigenvalue weighted by atomic mass is 35.5. The third-order valence-corrected chi connectivity index (χ3v) is 5.79. The van der Waals surface area contributed by atoms with E-state index in [1.165, 1.54) is 11.1 Å². The molecule has 0 unspecified atom stereocenters. The van der Waals surface area contributed by atoms with Crippen molar-refractivity contribution >= 4 is 35.2 Å². The first kappa shape index (κ1) is 24.1. The summed E-state index contributed by atoms with van der Waals surface area (Å²) in [6, 6.07) is 8.41. The van der Waals surface area contributed by atoms with Crippen LogP contribution in [0, 0.1) is 28.5 Å². The van der Waals surface area contributed by atoms with Crippen LogP contribution in [-0.4, -0.2) is 28.7 Å². The highest BCUT2D eigenvalue weighted by Crippen LogP contribution is 2.40. The molecule has 1 aliphatic rings. The number of pyridine rings is 2. The van der Waals surface area contributed by atoms with Gasteiger partial charge in [-0.3, -0.25) is 14.7 Å². The molecule has 3 aromatic rings. The van der Waals surface area contributed by atoms with Crippen LogP contribution in [0.5, 0.6) is 5.75 Å². The van der Waals surface area contributed by atoms with Crippen LogP contribution in [-0.2, 0) is 17.8 Å². The molecule has 178 valence electrons. The largest absolute Gasteiger partial charge is 0.482 e. The molecule has 8 nitrogen and oxygen atoms in total. The van der Waals surface area contributed by atoms with E-state index in [4.69, 9.17) is 27.5 Å². The van der Waals surface area contributed by atoms with Gasteiger partial charge in [-0.1, -0.05) is 31.5 Å². The molecule has 35 heavy (non-hydrogen) atoms. The van der Waals surface area contributed by atoms with Gasteiger partial charge in [-0.05, 0) is 36.1 Å². The van der Waals surface area contributed by atoms with Crippen LogP contribution in [0.15, 0.2) is 30.5 Å². The van der Waals surface area contributed by atoms with Crippen LogP contribution in [0.2, 0.25) is 5.02 Å². The van der Waals surface area contributed by atoms with Crippen molar-refractivity contribution in [3.05, 3.63) is 63.8 Å². The predicted octanol–water partition coefficient (Wildman–Crippen LogP) is 4.51. The van der Waals surface area contributed by atoms with Crippen LogP contribution in [0.3, 0.4) is 0 Å². The smallest absolute Gasteiger partial charge is 0.265 e. The molecule has 3 N–H and O–H groups in total. The van der Waals surface area contributed by atoms with Gasteiger partial charge in [-0.2, -0.15) is 5.26 Å². The van der Waals surface area contributed by atoms with Crippen molar-refractivity contribution in [2.24, 2.45) is 5.92 Å². The number of nitrogen functional groups attached to an aromatic ring is 1. The van der Waals surface area contributed by atoms with Crippen molar-refractivity contribution in [1.82, 2.24) is 9.97 Å². The van der Waals surface area contributed by atoms with E-state index in [1.807, 2.05) is 13.8 Å². The lowest BCUT2D eigenvalue weighted by atomic mass is 9.91. The van der Waals surface area contributed by atoms with Gasteiger partial charge in [-0.15, -0.1) is 0 Å². The Bertz CT molecular complexity index is 1390. The summed E-state index contributed by atoms with van der Waals surface area (Å²) in [4.78, 5) is 22.4. The SMILES string of the molecule is CC(C)Cc1nc(N)c(C=N)c(-c2ccc3c(c2)OCC(=O)N3Cc2ncc(Cl)cc2F)c1C#N.